The van der Waals surface area contributed by atoms with Crippen LogP contribution in [0.15, 0.2) is 36.4 Å². The number of halogens is 1. The molecule has 15 heavy (non-hydrogen) atoms. The van der Waals surface area contributed by atoms with Gasteiger partial charge in [-0.2, -0.15) is 5.26 Å². The van der Waals surface area contributed by atoms with Crippen LogP contribution in [0.3, 0.4) is 0 Å². The number of fused-ring (bicyclic) bond motifs is 1. The molecular weight excluding hydrogens is 250 g/mol. The van der Waals surface area contributed by atoms with E-state index in [0.717, 1.165) is 10.9 Å². The molecule has 0 amide bonds. The zero-order valence-corrected chi connectivity index (χ0v) is 9.79. The Balaban J connectivity index is 2.71. The lowest BCUT2D eigenvalue weighted by atomic mass is 9.99. The van der Waals surface area contributed by atoms with Gasteiger partial charge in [0, 0.05) is 5.33 Å². The Morgan fingerprint density at radius 2 is 1.93 bits per heavy atom. The van der Waals surface area contributed by atoms with E-state index in [-0.39, 0.29) is 0 Å². The summed E-state index contributed by atoms with van der Waals surface area (Å²) in [6, 6.07) is 14.6. The van der Waals surface area contributed by atoms with Gasteiger partial charge in [-0.3, -0.25) is 0 Å². The molecular formula is C13H10BrN. The third-order valence-corrected chi connectivity index (χ3v) is 3.10. The highest BCUT2D eigenvalue weighted by molar-refractivity contribution is 9.08. The zero-order chi connectivity index (χ0) is 10.7. The summed E-state index contributed by atoms with van der Waals surface area (Å²) in [5, 5.41) is 12.0. The van der Waals surface area contributed by atoms with Crippen molar-refractivity contribution in [1.29, 1.82) is 5.26 Å². The summed E-state index contributed by atoms with van der Waals surface area (Å²) in [4.78, 5) is 0. The molecule has 0 unspecified atom stereocenters. The molecule has 0 spiro atoms. The molecule has 2 heteroatoms. The van der Waals surface area contributed by atoms with Crippen LogP contribution >= 0.6 is 15.9 Å². The van der Waals surface area contributed by atoms with Crippen molar-refractivity contribution in [3.63, 3.8) is 0 Å². The Morgan fingerprint density at radius 1 is 1.13 bits per heavy atom. The van der Waals surface area contributed by atoms with E-state index < -0.39 is 0 Å². The smallest absolute Gasteiger partial charge is 0.0669 e. The van der Waals surface area contributed by atoms with Gasteiger partial charge in [0.25, 0.3) is 0 Å². The van der Waals surface area contributed by atoms with Gasteiger partial charge in [-0.1, -0.05) is 52.3 Å². The molecule has 0 fully saturated rings. The number of benzene rings is 2. The molecule has 0 radical (unpaired) electrons. The molecule has 2 aromatic carbocycles. The van der Waals surface area contributed by atoms with Crippen LogP contribution < -0.4 is 0 Å². The van der Waals surface area contributed by atoms with Crippen LogP contribution in [-0.2, 0) is 11.8 Å². The Hall–Kier alpha value is -1.33. The SMILES string of the molecule is N#CCc1ccc2ccccc2c1CBr. The summed E-state index contributed by atoms with van der Waals surface area (Å²) in [5.41, 5.74) is 2.35. The second kappa shape index (κ2) is 4.46. The van der Waals surface area contributed by atoms with E-state index in [4.69, 9.17) is 5.26 Å². The second-order valence-corrected chi connectivity index (χ2v) is 3.95. The second-order valence-electron chi connectivity index (χ2n) is 3.39. The van der Waals surface area contributed by atoms with Crippen LogP contribution in [0.2, 0.25) is 0 Å². The maximum absolute atomic E-state index is 8.75. The quantitative estimate of drug-likeness (QED) is 0.753. The lowest BCUT2D eigenvalue weighted by Crippen LogP contribution is -1.91. The maximum atomic E-state index is 8.75. The van der Waals surface area contributed by atoms with Gasteiger partial charge in [0.05, 0.1) is 12.5 Å². The molecule has 0 aliphatic carbocycles. The number of hydrogen-bond acceptors (Lipinski definition) is 1. The summed E-state index contributed by atoms with van der Waals surface area (Å²) in [5.74, 6) is 0. The standard InChI is InChI=1S/C13H10BrN/c14-9-13-11(7-8-15)6-5-10-3-1-2-4-12(10)13/h1-6H,7,9H2. The Morgan fingerprint density at radius 3 is 2.67 bits per heavy atom. The predicted molar refractivity (Wildman–Crippen MR) is 65.9 cm³/mol. The first-order valence-corrected chi connectivity index (χ1v) is 5.91. The molecule has 1 nitrogen and oxygen atoms in total. The van der Waals surface area contributed by atoms with Gasteiger partial charge in [-0.15, -0.1) is 0 Å². The van der Waals surface area contributed by atoms with E-state index in [9.17, 15) is 0 Å². The van der Waals surface area contributed by atoms with Crippen molar-refractivity contribution >= 4 is 26.7 Å². The van der Waals surface area contributed by atoms with E-state index in [1.807, 2.05) is 18.2 Å². The summed E-state index contributed by atoms with van der Waals surface area (Å²) < 4.78 is 0. The molecule has 0 atom stereocenters. The predicted octanol–water partition coefficient (Wildman–Crippen LogP) is 3.80. The normalized spacial score (nSPS) is 10.1. The van der Waals surface area contributed by atoms with Gasteiger partial charge < -0.3 is 0 Å². The van der Waals surface area contributed by atoms with E-state index >= 15 is 0 Å². The van der Waals surface area contributed by atoms with E-state index in [1.165, 1.54) is 16.3 Å². The van der Waals surface area contributed by atoms with Crippen molar-refractivity contribution in [2.75, 3.05) is 0 Å². The number of rotatable bonds is 2. The average Bonchev–Trinajstić information content (AvgIpc) is 2.29. The molecule has 0 bridgehead atoms. The molecule has 0 aliphatic heterocycles. The molecule has 0 saturated carbocycles. The minimum absolute atomic E-state index is 0.478. The van der Waals surface area contributed by atoms with Crippen molar-refractivity contribution in [3.05, 3.63) is 47.5 Å². The number of nitrogens with zero attached hydrogens (tertiary/aromatic N) is 1. The number of nitriles is 1. The van der Waals surface area contributed by atoms with Crippen molar-refractivity contribution in [3.8, 4) is 6.07 Å². The fourth-order valence-corrected chi connectivity index (χ4v) is 2.45. The summed E-state index contributed by atoms with van der Waals surface area (Å²) in [6.07, 6.45) is 0.478. The van der Waals surface area contributed by atoms with Crippen LogP contribution in [0.25, 0.3) is 10.8 Å². The fourth-order valence-electron chi connectivity index (χ4n) is 1.79. The first-order chi connectivity index (χ1) is 7.36. The van der Waals surface area contributed by atoms with E-state index in [0.29, 0.717) is 6.42 Å². The van der Waals surface area contributed by atoms with Gasteiger partial charge in [0.15, 0.2) is 0 Å². The minimum Gasteiger partial charge on any atom is -0.198 e. The molecule has 0 aliphatic rings. The highest BCUT2D eigenvalue weighted by atomic mass is 79.9. The van der Waals surface area contributed by atoms with Crippen LogP contribution in [0, 0.1) is 11.3 Å². The molecule has 0 saturated heterocycles. The first-order valence-electron chi connectivity index (χ1n) is 4.79. The Bertz CT molecular complexity index is 526. The zero-order valence-electron chi connectivity index (χ0n) is 8.20. The van der Waals surface area contributed by atoms with Crippen molar-refractivity contribution in [1.82, 2.24) is 0 Å². The molecule has 0 N–H and O–H groups in total. The molecule has 0 heterocycles. The average molecular weight is 260 g/mol. The highest BCUT2D eigenvalue weighted by Gasteiger charge is 2.05. The van der Waals surface area contributed by atoms with Crippen LogP contribution in [0.5, 0.6) is 0 Å². The maximum Gasteiger partial charge on any atom is 0.0669 e. The van der Waals surface area contributed by atoms with E-state index in [2.05, 4.69) is 40.2 Å². The van der Waals surface area contributed by atoms with Crippen LogP contribution in [-0.4, -0.2) is 0 Å². The molecule has 74 valence electrons. The van der Waals surface area contributed by atoms with Gasteiger partial charge in [0.2, 0.25) is 0 Å². The van der Waals surface area contributed by atoms with Crippen LogP contribution in [0.4, 0.5) is 0 Å². The molecule has 0 aromatic heterocycles. The van der Waals surface area contributed by atoms with Crippen LogP contribution in [0.1, 0.15) is 11.1 Å². The van der Waals surface area contributed by atoms with Gasteiger partial charge in [-0.05, 0) is 21.9 Å². The van der Waals surface area contributed by atoms with Crippen molar-refractivity contribution in [2.24, 2.45) is 0 Å². The Labute approximate surface area is 97.5 Å². The van der Waals surface area contributed by atoms with Crippen molar-refractivity contribution in [2.45, 2.75) is 11.8 Å². The topological polar surface area (TPSA) is 23.8 Å². The Kier molecular flexibility index (Phi) is 3.03. The van der Waals surface area contributed by atoms with Gasteiger partial charge in [0.1, 0.15) is 0 Å². The number of hydrogen-bond donors (Lipinski definition) is 0. The van der Waals surface area contributed by atoms with Gasteiger partial charge in [-0.25, -0.2) is 0 Å². The largest absolute Gasteiger partial charge is 0.198 e. The molecule has 2 rings (SSSR count). The van der Waals surface area contributed by atoms with Gasteiger partial charge >= 0.3 is 0 Å². The number of alkyl halides is 1. The summed E-state index contributed by atoms with van der Waals surface area (Å²) in [7, 11) is 0. The van der Waals surface area contributed by atoms with Crippen molar-refractivity contribution < 1.29 is 0 Å². The third kappa shape index (κ3) is 1.88. The third-order valence-electron chi connectivity index (χ3n) is 2.54. The first kappa shape index (κ1) is 10.2. The molecule has 2 aromatic rings. The van der Waals surface area contributed by atoms with E-state index in [1.54, 1.807) is 0 Å². The fraction of sp³-hybridized carbons (Fsp3) is 0.154. The highest BCUT2D eigenvalue weighted by Crippen LogP contribution is 2.24. The minimum atomic E-state index is 0.478. The lowest BCUT2D eigenvalue weighted by molar-refractivity contribution is 1.22. The monoisotopic (exact) mass is 259 g/mol. The summed E-state index contributed by atoms with van der Waals surface area (Å²) in [6.45, 7) is 0. The lowest BCUT2D eigenvalue weighted by Gasteiger charge is -2.08. The summed E-state index contributed by atoms with van der Waals surface area (Å²) >= 11 is 3.49.